The molecule has 3 rings (SSSR count). The zero-order valence-corrected chi connectivity index (χ0v) is 14.6. The van der Waals surface area contributed by atoms with Gasteiger partial charge in [0.2, 0.25) is 5.91 Å². The number of amides is 1. The van der Waals surface area contributed by atoms with E-state index in [0.29, 0.717) is 5.41 Å². The maximum Gasteiger partial charge on any atom is 0.223 e. The summed E-state index contributed by atoms with van der Waals surface area (Å²) in [5, 5.41) is 6.50. The van der Waals surface area contributed by atoms with Crippen LogP contribution in [0.4, 0.5) is 0 Å². The minimum Gasteiger partial charge on any atom is -0.497 e. The molecule has 2 fully saturated rings. The van der Waals surface area contributed by atoms with Crippen molar-refractivity contribution in [2.24, 2.45) is 11.3 Å². The largest absolute Gasteiger partial charge is 0.497 e. The molecule has 0 radical (unpaired) electrons. The smallest absolute Gasteiger partial charge is 0.223 e. The molecule has 1 atom stereocenters. The maximum atomic E-state index is 12.2. The molecule has 1 spiro atoms. The second kappa shape index (κ2) is 8.02. The van der Waals surface area contributed by atoms with Crippen LogP contribution in [0.5, 0.6) is 5.75 Å². The molecule has 1 aliphatic heterocycles. The number of rotatable bonds is 6. The number of piperidine rings is 1. The molecular formula is C18H27ClN2O2. The molecule has 1 amide bonds. The Morgan fingerprint density at radius 1 is 1.39 bits per heavy atom. The number of carbonyl (C=O) groups excluding carboxylic acids is 1. The predicted molar refractivity (Wildman–Crippen MR) is 94.2 cm³/mol. The van der Waals surface area contributed by atoms with Crippen molar-refractivity contribution in [3.63, 3.8) is 0 Å². The van der Waals surface area contributed by atoms with Crippen LogP contribution in [0.3, 0.4) is 0 Å². The Kier molecular flexibility index (Phi) is 6.31. The quantitative estimate of drug-likeness (QED) is 0.784. The second-order valence-corrected chi connectivity index (χ2v) is 6.62. The summed E-state index contributed by atoms with van der Waals surface area (Å²) in [5.74, 6) is 1.44. The van der Waals surface area contributed by atoms with Crippen molar-refractivity contribution in [2.75, 3.05) is 26.7 Å². The van der Waals surface area contributed by atoms with Gasteiger partial charge in [-0.15, -0.1) is 12.4 Å². The molecule has 0 aromatic heterocycles. The normalized spacial score (nSPS) is 21.3. The molecule has 1 unspecified atom stereocenters. The summed E-state index contributed by atoms with van der Waals surface area (Å²) < 4.78 is 5.23. The molecule has 0 bridgehead atoms. The Hall–Kier alpha value is -1.26. The standard InChI is InChI=1S/C18H26N2O2.ClH/c1-22-15-6-2-4-14(12-15)5-3-9-20-17(21)16-13-18(16)7-10-19-11-8-18;/h2,4,6,12,16,19H,3,5,7-11,13H2,1H3,(H,20,21);1H. The summed E-state index contributed by atoms with van der Waals surface area (Å²) in [6.07, 6.45) is 5.36. The highest BCUT2D eigenvalue weighted by atomic mass is 35.5. The number of methoxy groups -OCH3 is 1. The molecule has 5 heteroatoms. The molecular weight excluding hydrogens is 312 g/mol. The Balaban J connectivity index is 0.00000192. The molecule has 1 heterocycles. The van der Waals surface area contributed by atoms with Crippen molar-refractivity contribution < 1.29 is 9.53 Å². The number of hydrogen-bond donors (Lipinski definition) is 2. The predicted octanol–water partition coefficient (Wildman–Crippen LogP) is 2.56. The molecule has 1 saturated heterocycles. The number of halogens is 1. The monoisotopic (exact) mass is 338 g/mol. The van der Waals surface area contributed by atoms with Crippen molar-refractivity contribution in [3.05, 3.63) is 29.8 Å². The van der Waals surface area contributed by atoms with E-state index in [-0.39, 0.29) is 24.2 Å². The average molecular weight is 339 g/mol. The fourth-order valence-electron chi connectivity index (χ4n) is 3.65. The maximum absolute atomic E-state index is 12.2. The van der Waals surface area contributed by atoms with E-state index in [2.05, 4.69) is 22.8 Å². The number of aryl methyl sites for hydroxylation is 1. The number of hydrogen-bond acceptors (Lipinski definition) is 3. The lowest BCUT2D eigenvalue weighted by molar-refractivity contribution is -0.123. The number of ether oxygens (including phenoxy) is 1. The summed E-state index contributed by atoms with van der Waals surface area (Å²) in [5.41, 5.74) is 1.59. The van der Waals surface area contributed by atoms with Crippen LogP contribution in [0.25, 0.3) is 0 Å². The third-order valence-electron chi connectivity index (χ3n) is 5.18. The second-order valence-electron chi connectivity index (χ2n) is 6.62. The first-order valence-corrected chi connectivity index (χ1v) is 8.35. The van der Waals surface area contributed by atoms with Crippen molar-refractivity contribution >= 4 is 18.3 Å². The van der Waals surface area contributed by atoms with Gasteiger partial charge in [0.25, 0.3) is 0 Å². The summed E-state index contributed by atoms with van der Waals surface area (Å²) in [6, 6.07) is 8.14. The molecule has 4 nitrogen and oxygen atoms in total. The van der Waals surface area contributed by atoms with Gasteiger partial charge in [-0.2, -0.15) is 0 Å². The Morgan fingerprint density at radius 2 is 2.17 bits per heavy atom. The van der Waals surface area contributed by atoms with Gasteiger partial charge in [0.1, 0.15) is 5.75 Å². The van der Waals surface area contributed by atoms with Gasteiger partial charge in [0.15, 0.2) is 0 Å². The lowest BCUT2D eigenvalue weighted by Crippen LogP contribution is -2.34. The molecule has 1 aromatic rings. The van der Waals surface area contributed by atoms with Crippen LogP contribution < -0.4 is 15.4 Å². The van der Waals surface area contributed by atoms with Crippen molar-refractivity contribution in [1.82, 2.24) is 10.6 Å². The van der Waals surface area contributed by atoms with Gasteiger partial charge in [-0.25, -0.2) is 0 Å². The number of carbonyl (C=O) groups is 1. The zero-order valence-electron chi connectivity index (χ0n) is 13.8. The SMILES string of the molecule is COc1cccc(CCCNC(=O)C2CC23CCNCC3)c1.Cl. The summed E-state index contributed by atoms with van der Waals surface area (Å²) >= 11 is 0. The van der Waals surface area contributed by atoms with Gasteiger partial charge in [-0.3, -0.25) is 4.79 Å². The van der Waals surface area contributed by atoms with Crippen LogP contribution in [0.2, 0.25) is 0 Å². The fourth-order valence-corrected chi connectivity index (χ4v) is 3.65. The first-order valence-electron chi connectivity index (χ1n) is 8.35. The molecule has 1 saturated carbocycles. The van der Waals surface area contributed by atoms with E-state index in [1.807, 2.05) is 12.1 Å². The van der Waals surface area contributed by atoms with Crippen LogP contribution in [-0.2, 0) is 11.2 Å². The highest BCUT2D eigenvalue weighted by Crippen LogP contribution is 2.58. The first kappa shape index (κ1) is 18.1. The molecule has 1 aromatic carbocycles. The van der Waals surface area contributed by atoms with E-state index in [9.17, 15) is 4.79 Å². The van der Waals surface area contributed by atoms with Gasteiger partial charge in [-0.1, -0.05) is 12.1 Å². The molecule has 2 N–H and O–H groups in total. The highest BCUT2D eigenvalue weighted by molar-refractivity contribution is 5.85. The summed E-state index contributed by atoms with van der Waals surface area (Å²) in [7, 11) is 1.69. The third-order valence-corrected chi connectivity index (χ3v) is 5.18. The van der Waals surface area contributed by atoms with E-state index in [0.717, 1.165) is 57.5 Å². The van der Waals surface area contributed by atoms with Crippen LogP contribution in [-0.4, -0.2) is 32.7 Å². The van der Waals surface area contributed by atoms with Crippen LogP contribution >= 0.6 is 12.4 Å². The molecule has 128 valence electrons. The topological polar surface area (TPSA) is 50.4 Å². The van der Waals surface area contributed by atoms with E-state index in [1.165, 1.54) is 5.56 Å². The van der Waals surface area contributed by atoms with Gasteiger partial charge in [-0.05, 0) is 68.3 Å². The zero-order chi connectivity index (χ0) is 15.4. The van der Waals surface area contributed by atoms with Gasteiger partial charge >= 0.3 is 0 Å². The highest BCUT2D eigenvalue weighted by Gasteiger charge is 2.57. The van der Waals surface area contributed by atoms with Crippen LogP contribution in [0, 0.1) is 11.3 Å². The minimum atomic E-state index is 0. The Labute approximate surface area is 144 Å². The van der Waals surface area contributed by atoms with Gasteiger partial charge in [0, 0.05) is 12.5 Å². The lowest BCUT2D eigenvalue weighted by atomic mass is 9.92. The molecule has 2 aliphatic rings. The van der Waals surface area contributed by atoms with Crippen molar-refractivity contribution in [3.8, 4) is 5.75 Å². The van der Waals surface area contributed by atoms with E-state index >= 15 is 0 Å². The number of nitrogens with one attached hydrogen (secondary N) is 2. The van der Waals surface area contributed by atoms with Gasteiger partial charge in [0.05, 0.1) is 7.11 Å². The van der Waals surface area contributed by atoms with E-state index < -0.39 is 0 Å². The van der Waals surface area contributed by atoms with Crippen molar-refractivity contribution in [1.29, 1.82) is 0 Å². The average Bonchev–Trinajstić information content (AvgIpc) is 3.25. The lowest BCUT2D eigenvalue weighted by Gasteiger charge is -2.23. The number of benzene rings is 1. The van der Waals surface area contributed by atoms with E-state index in [1.54, 1.807) is 7.11 Å². The van der Waals surface area contributed by atoms with Gasteiger partial charge < -0.3 is 15.4 Å². The molecule has 23 heavy (non-hydrogen) atoms. The summed E-state index contributed by atoms with van der Waals surface area (Å²) in [4.78, 5) is 12.2. The minimum absolute atomic E-state index is 0. The fraction of sp³-hybridized carbons (Fsp3) is 0.611. The Bertz CT molecular complexity index is 530. The third kappa shape index (κ3) is 4.39. The molecule has 1 aliphatic carbocycles. The summed E-state index contributed by atoms with van der Waals surface area (Å²) in [6.45, 7) is 2.90. The first-order chi connectivity index (χ1) is 10.7. The van der Waals surface area contributed by atoms with Crippen LogP contribution in [0.15, 0.2) is 24.3 Å². The van der Waals surface area contributed by atoms with Crippen LogP contribution in [0.1, 0.15) is 31.2 Å². The van der Waals surface area contributed by atoms with E-state index in [4.69, 9.17) is 4.74 Å². The van der Waals surface area contributed by atoms with Crippen molar-refractivity contribution in [2.45, 2.75) is 32.1 Å². The Morgan fingerprint density at radius 3 is 2.91 bits per heavy atom.